The molecule has 67 heavy (non-hydrogen) atoms. The van der Waals surface area contributed by atoms with Gasteiger partial charge in [0.15, 0.2) is 82.5 Å². The first-order valence-corrected chi connectivity index (χ1v) is 17.9. The summed E-state index contributed by atoms with van der Waals surface area (Å²) in [4.78, 5) is 16.2. The summed E-state index contributed by atoms with van der Waals surface area (Å²) in [7, 11) is 0. The van der Waals surface area contributed by atoms with E-state index in [0.29, 0.717) is 12.3 Å². The van der Waals surface area contributed by atoms with Gasteiger partial charge in [-0.3, -0.25) is 0 Å². The Kier molecular flexibility index (Phi) is 13.7. The van der Waals surface area contributed by atoms with Gasteiger partial charge < -0.3 is 4.74 Å². The fraction of sp³-hybridized carbons (Fsp3) is 0.0238. The molecule has 0 aliphatic carbocycles. The molecule has 4 nitrogen and oxygen atoms in total. The van der Waals surface area contributed by atoms with Crippen LogP contribution in [0, 0.1) is 116 Å². The van der Waals surface area contributed by atoms with Gasteiger partial charge in [0.05, 0.1) is 6.20 Å². The lowest BCUT2D eigenvalue weighted by atomic mass is 9.12. The van der Waals surface area contributed by atoms with E-state index in [9.17, 15) is 57.5 Å². The number of carbonyl (C=O) groups is 1. The molecule has 0 saturated heterocycles. The molecule has 1 heterocycles. The van der Waals surface area contributed by atoms with Crippen LogP contribution in [-0.2, 0) is 6.54 Å². The number of hydrogen-bond donors (Lipinski definition) is 0. The maximum atomic E-state index is 15.4. The summed E-state index contributed by atoms with van der Waals surface area (Å²) in [6.07, 6.45) is -2.10. The van der Waals surface area contributed by atoms with Gasteiger partial charge >= 0.3 is 5.97 Å². The molecule has 6 aromatic carbocycles. The van der Waals surface area contributed by atoms with Gasteiger partial charge in [-0.15, -0.1) is 21.9 Å². The molecule has 0 amide bonds. The normalized spacial score (nSPS) is 11.4. The van der Waals surface area contributed by atoms with Gasteiger partial charge in [0.2, 0.25) is 11.9 Å². The lowest BCUT2D eigenvalue weighted by Gasteiger charge is -2.44. The minimum atomic E-state index is -7.22. The highest BCUT2D eigenvalue weighted by molar-refractivity contribution is 7.20. The molecule has 1 aromatic heterocycles. The Morgan fingerprint density at radius 3 is 1.01 bits per heavy atom. The Morgan fingerprint density at radius 2 is 0.701 bits per heavy atom. The molecule has 348 valence electrons. The number of rotatable bonds is 8. The maximum absolute atomic E-state index is 15.4. The van der Waals surface area contributed by atoms with Gasteiger partial charge in [-0.2, -0.15) is 4.57 Å². The van der Waals surface area contributed by atoms with E-state index in [1.165, 1.54) is 0 Å². The number of ether oxygens (including phenoxy) is 1. The molecule has 0 saturated carbocycles. The molecule has 0 spiro atoms. The zero-order valence-electron chi connectivity index (χ0n) is 32.1. The number of aromatic nitrogens is 2. The third-order valence-corrected chi connectivity index (χ3v) is 9.84. The van der Waals surface area contributed by atoms with E-state index >= 15 is 35.1 Å². The van der Waals surface area contributed by atoms with Crippen molar-refractivity contribution >= 4 is 34.0 Å². The zero-order valence-corrected chi connectivity index (χ0v) is 32.1. The van der Waals surface area contributed by atoms with Crippen molar-refractivity contribution in [3.8, 4) is 5.75 Å². The first kappa shape index (κ1) is 49.0. The van der Waals surface area contributed by atoms with Crippen LogP contribution in [-0.4, -0.2) is 17.1 Å². The van der Waals surface area contributed by atoms with Crippen LogP contribution in [0.25, 0.3) is 0 Å². The van der Waals surface area contributed by atoms with Crippen LogP contribution in [0.2, 0.25) is 0 Å². The number of carbonyl (C=O) groups excluding carboxylic acids is 1. The molecule has 0 fully saturated rings. The lowest BCUT2D eigenvalue weighted by Crippen LogP contribution is -2.81. The third kappa shape index (κ3) is 8.26. The molecule has 7 aromatic rings. The number of para-hydroxylation sites is 1. The van der Waals surface area contributed by atoms with E-state index in [1.807, 2.05) is 59.3 Å². The summed E-state index contributed by atoms with van der Waals surface area (Å²) in [6.45, 7) is 0.676. The minimum absolute atomic E-state index is 0.280. The summed E-state index contributed by atoms with van der Waals surface area (Å²) in [5, 5.41) is 0. The van der Waals surface area contributed by atoms with Crippen molar-refractivity contribution in [1.29, 1.82) is 0 Å². The standard InChI is InChI=1S/C24BF20.C18H15N2O2/c26-5-1(6(27)14(35)21(42)13(5)34)25(2-7(28)15(36)22(43)16(37)8(2)29,3-9(30)17(38)23(44)18(39)10(3)31)4-11(32)19(40)24(45)20(41)12(4)33;21-18(22-16-9-5-2-6-10-16)17-14-20(12-11-19-17)13-15-7-3-1-4-8-15/h;1-12,14H,13H2/q-1;+1. The van der Waals surface area contributed by atoms with Crippen LogP contribution in [0.15, 0.2) is 79.3 Å². The maximum Gasteiger partial charge on any atom is 0.368 e. The molecule has 0 N–H and O–H groups in total. The molecular weight excluding hydrogens is 955 g/mol. The topological polar surface area (TPSA) is 43.1 Å². The van der Waals surface area contributed by atoms with E-state index in [0.717, 1.165) is 5.56 Å². The van der Waals surface area contributed by atoms with Crippen LogP contribution < -0.4 is 31.2 Å². The molecular formula is C42H15BF20N2O2. The molecule has 0 aliphatic rings. The zero-order chi connectivity index (χ0) is 49.6. The van der Waals surface area contributed by atoms with E-state index in [1.54, 1.807) is 24.5 Å². The summed E-state index contributed by atoms with van der Waals surface area (Å²) < 4.78 is 301. The SMILES string of the molecule is Fc1c(F)c(F)c([B-](c2c(F)c(F)c(F)c(F)c2F)(c2c(F)c(F)c(F)c(F)c2F)c2c(F)c(F)c(F)c(F)c2F)c(F)c1F.O=C(Oc1ccccc1)c1c[n+](Cc2ccccc2)ccn1. The summed E-state index contributed by atoms with van der Waals surface area (Å²) in [5.41, 5.74) is -12.9. The first-order valence-electron chi connectivity index (χ1n) is 17.9. The number of benzene rings is 6. The van der Waals surface area contributed by atoms with E-state index < -0.39 is 150 Å². The fourth-order valence-corrected chi connectivity index (χ4v) is 6.95. The number of esters is 1. The monoisotopic (exact) mass is 970 g/mol. The van der Waals surface area contributed by atoms with Crippen LogP contribution >= 0.6 is 0 Å². The Hall–Kier alpha value is -7.47. The Labute approximate surface area is 359 Å². The Balaban J connectivity index is 0.000000279. The third-order valence-electron chi connectivity index (χ3n) is 9.84. The quantitative estimate of drug-likeness (QED) is 0.0292. The second-order valence-corrected chi connectivity index (χ2v) is 13.6. The van der Waals surface area contributed by atoms with Crippen molar-refractivity contribution in [2.45, 2.75) is 6.54 Å². The summed E-state index contributed by atoms with van der Waals surface area (Å²) in [5.74, 6) is -71.4. The van der Waals surface area contributed by atoms with Crippen LogP contribution in [0.3, 0.4) is 0 Å². The second-order valence-electron chi connectivity index (χ2n) is 13.6. The summed E-state index contributed by atoms with van der Waals surface area (Å²) in [6, 6.07) is 19.0. The van der Waals surface area contributed by atoms with Gasteiger partial charge in [-0.1, -0.05) is 48.5 Å². The van der Waals surface area contributed by atoms with Gasteiger partial charge in [0.25, 0.3) is 0 Å². The minimum Gasteiger partial charge on any atom is -0.422 e. The lowest BCUT2D eigenvalue weighted by molar-refractivity contribution is -0.689. The molecule has 0 unspecified atom stereocenters. The van der Waals surface area contributed by atoms with Gasteiger partial charge in [0, 0.05) is 5.56 Å². The van der Waals surface area contributed by atoms with Gasteiger partial charge in [0.1, 0.15) is 58.4 Å². The average Bonchev–Trinajstić information content (AvgIpc) is 3.32. The number of hydrogen-bond acceptors (Lipinski definition) is 3. The number of halogens is 20. The van der Waals surface area contributed by atoms with Crippen molar-refractivity contribution in [1.82, 2.24) is 4.98 Å². The highest BCUT2D eigenvalue weighted by Crippen LogP contribution is 2.31. The second kappa shape index (κ2) is 18.8. The van der Waals surface area contributed by atoms with Gasteiger partial charge in [-0.05, 0) is 12.1 Å². The molecule has 0 bridgehead atoms. The largest absolute Gasteiger partial charge is 0.422 e. The molecule has 0 atom stereocenters. The Bertz CT molecular complexity index is 2730. The predicted octanol–water partition coefficient (Wildman–Crippen LogP) is 8.48. The van der Waals surface area contributed by atoms with Crippen molar-refractivity contribution < 1.29 is 102 Å². The van der Waals surface area contributed by atoms with E-state index in [2.05, 4.69) is 4.98 Å². The molecule has 7 rings (SSSR count). The molecule has 0 aliphatic heterocycles. The molecule has 0 radical (unpaired) electrons. The van der Waals surface area contributed by atoms with Crippen molar-refractivity contribution in [2.75, 3.05) is 0 Å². The molecule has 25 heteroatoms. The van der Waals surface area contributed by atoms with E-state index in [-0.39, 0.29) is 5.69 Å². The average molecular weight is 970 g/mol. The van der Waals surface area contributed by atoms with Crippen LogP contribution in [0.1, 0.15) is 16.1 Å². The van der Waals surface area contributed by atoms with Crippen LogP contribution in [0.4, 0.5) is 87.8 Å². The van der Waals surface area contributed by atoms with E-state index in [4.69, 9.17) is 4.74 Å². The summed E-state index contributed by atoms with van der Waals surface area (Å²) >= 11 is 0. The Morgan fingerprint density at radius 1 is 0.418 bits per heavy atom. The highest BCUT2D eigenvalue weighted by atomic mass is 19.2. The van der Waals surface area contributed by atoms with Crippen LogP contribution in [0.5, 0.6) is 5.75 Å². The first-order chi connectivity index (χ1) is 31.5. The predicted molar refractivity (Wildman–Crippen MR) is 191 cm³/mol. The van der Waals surface area contributed by atoms with Crippen molar-refractivity contribution in [2.24, 2.45) is 0 Å². The smallest absolute Gasteiger partial charge is 0.368 e. The fourth-order valence-electron chi connectivity index (χ4n) is 6.95. The number of nitrogens with zero attached hydrogens (tertiary/aromatic N) is 2. The van der Waals surface area contributed by atoms with Crippen molar-refractivity contribution in [3.63, 3.8) is 0 Å². The van der Waals surface area contributed by atoms with Crippen molar-refractivity contribution in [3.05, 3.63) is 207 Å². The highest BCUT2D eigenvalue weighted by Gasteiger charge is 2.52. The van der Waals surface area contributed by atoms with Gasteiger partial charge in [-0.25, -0.2) is 97.6 Å².